The maximum atomic E-state index is 12.5. The summed E-state index contributed by atoms with van der Waals surface area (Å²) in [6.45, 7) is 7.26. The van der Waals surface area contributed by atoms with Crippen LogP contribution < -0.4 is 10.1 Å². The first-order chi connectivity index (χ1) is 15.0. The maximum Gasteiger partial charge on any atom is 0.253 e. The molecule has 162 valence electrons. The Labute approximate surface area is 181 Å². The SMILES string of the molecule is Cc1ccc(-c2noc(C)c2COc2ncc(C(=O)NC3CCOCC3)cc2C)cn1. The highest BCUT2D eigenvalue weighted by Gasteiger charge is 2.19. The van der Waals surface area contributed by atoms with Crippen molar-refractivity contribution in [2.45, 2.75) is 46.3 Å². The van der Waals surface area contributed by atoms with Gasteiger partial charge in [0.2, 0.25) is 5.88 Å². The minimum atomic E-state index is -0.127. The molecule has 1 amide bonds. The van der Waals surface area contributed by atoms with Crippen molar-refractivity contribution in [2.24, 2.45) is 0 Å². The van der Waals surface area contributed by atoms with Gasteiger partial charge in [-0.2, -0.15) is 0 Å². The lowest BCUT2D eigenvalue weighted by Crippen LogP contribution is -2.38. The monoisotopic (exact) mass is 422 g/mol. The van der Waals surface area contributed by atoms with Gasteiger partial charge in [-0.05, 0) is 51.8 Å². The molecule has 0 bridgehead atoms. The summed E-state index contributed by atoms with van der Waals surface area (Å²) in [5.74, 6) is 1.02. The zero-order chi connectivity index (χ0) is 21.8. The van der Waals surface area contributed by atoms with Crippen LogP contribution in [0.1, 0.15) is 45.8 Å². The van der Waals surface area contributed by atoms with Gasteiger partial charge in [-0.3, -0.25) is 9.78 Å². The first-order valence-electron chi connectivity index (χ1n) is 10.4. The number of amides is 1. The van der Waals surface area contributed by atoms with Gasteiger partial charge in [0, 0.05) is 48.5 Å². The summed E-state index contributed by atoms with van der Waals surface area (Å²) in [7, 11) is 0. The van der Waals surface area contributed by atoms with Crippen molar-refractivity contribution in [2.75, 3.05) is 13.2 Å². The van der Waals surface area contributed by atoms with Gasteiger partial charge in [0.1, 0.15) is 18.1 Å². The Bertz CT molecular complexity index is 1060. The summed E-state index contributed by atoms with van der Waals surface area (Å²) in [6, 6.07) is 5.82. The Morgan fingerprint density at radius 3 is 2.68 bits per heavy atom. The van der Waals surface area contributed by atoms with Crippen LogP contribution in [-0.4, -0.2) is 40.3 Å². The Balaban J connectivity index is 1.44. The predicted molar refractivity (Wildman–Crippen MR) is 114 cm³/mol. The second kappa shape index (κ2) is 9.26. The number of hydrogen-bond donors (Lipinski definition) is 1. The van der Waals surface area contributed by atoms with Crippen LogP contribution in [0.15, 0.2) is 35.1 Å². The average Bonchev–Trinajstić information content (AvgIpc) is 3.14. The molecule has 0 saturated carbocycles. The number of aromatic nitrogens is 3. The molecule has 0 unspecified atom stereocenters. The molecule has 4 heterocycles. The largest absolute Gasteiger partial charge is 0.472 e. The number of carbonyl (C=O) groups excluding carboxylic acids is 1. The lowest BCUT2D eigenvalue weighted by molar-refractivity contribution is 0.0696. The van der Waals surface area contributed by atoms with Gasteiger partial charge in [-0.15, -0.1) is 0 Å². The van der Waals surface area contributed by atoms with Crippen molar-refractivity contribution < 1.29 is 18.8 Å². The van der Waals surface area contributed by atoms with Crippen LogP contribution in [-0.2, 0) is 11.3 Å². The average molecular weight is 422 g/mol. The molecule has 1 saturated heterocycles. The Kier molecular flexibility index (Phi) is 6.27. The quantitative estimate of drug-likeness (QED) is 0.648. The molecule has 0 atom stereocenters. The Morgan fingerprint density at radius 2 is 1.97 bits per heavy atom. The van der Waals surface area contributed by atoms with E-state index in [1.807, 2.05) is 32.9 Å². The highest BCUT2D eigenvalue weighted by Crippen LogP contribution is 2.27. The van der Waals surface area contributed by atoms with Crippen LogP contribution in [0.5, 0.6) is 5.88 Å². The fraction of sp³-hybridized carbons (Fsp3) is 0.391. The molecule has 0 spiro atoms. The number of aryl methyl sites for hydroxylation is 3. The lowest BCUT2D eigenvalue weighted by atomic mass is 10.1. The standard InChI is InChI=1S/C23H26N4O4/c1-14-10-18(22(28)26-19-6-8-29-9-7-19)12-25-23(14)30-13-20-16(3)31-27-21(20)17-5-4-15(2)24-11-17/h4-5,10-12,19H,6-9,13H2,1-3H3,(H,26,28). The molecule has 1 fully saturated rings. The number of ether oxygens (including phenoxy) is 2. The van der Waals surface area contributed by atoms with Gasteiger partial charge in [0.05, 0.1) is 11.1 Å². The van der Waals surface area contributed by atoms with Crippen molar-refractivity contribution >= 4 is 5.91 Å². The fourth-order valence-electron chi connectivity index (χ4n) is 3.48. The number of carbonyl (C=O) groups is 1. The van der Waals surface area contributed by atoms with E-state index < -0.39 is 0 Å². The van der Waals surface area contributed by atoms with Gasteiger partial charge >= 0.3 is 0 Å². The Morgan fingerprint density at radius 1 is 1.16 bits per heavy atom. The summed E-state index contributed by atoms with van der Waals surface area (Å²) in [5, 5.41) is 7.21. The zero-order valence-corrected chi connectivity index (χ0v) is 18.0. The first-order valence-corrected chi connectivity index (χ1v) is 10.4. The highest BCUT2D eigenvalue weighted by atomic mass is 16.5. The summed E-state index contributed by atoms with van der Waals surface area (Å²) in [5.41, 5.74) is 4.65. The van der Waals surface area contributed by atoms with Crippen LogP contribution >= 0.6 is 0 Å². The molecule has 0 radical (unpaired) electrons. The van der Waals surface area contributed by atoms with Gasteiger partial charge in [-0.1, -0.05) is 5.16 Å². The second-order valence-electron chi connectivity index (χ2n) is 7.75. The third-order valence-electron chi connectivity index (χ3n) is 5.37. The number of hydrogen-bond acceptors (Lipinski definition) is 7. The lowest BCUT2D eigenvalue weighted by Gasteiger charge is -2.23. The molecule has 1 aliphatic rings. The van der Waals surface area contributed by atoms with E-state index in [0.717, 1.165) is 35.2 Å². The summed E-state index contributed by atoms with van der Waals surface area (Å²) in [6.07, 6.45) is 4.97. The van der Waals surface area contributed by atoms with Gasteiger partial charge in [0.15, 0.2) is 0 Å². The third-order valence-corrected chi connectivity index (χ3v) is 5.37. The molecule has 31 heavy (non-hydrogen) atoms. The number of pyridine rings is 2. The topological polar surface area (TPSA) is 99.4 Å². The molecule has 4 rings (SSSR count). The highest BCUT2D eigenvalue weighted by molar-refractivity contribution is 5.94. The van der Waals surface area contributed by atoms with Crippen LogP contribution in [0.2, 0.25) is 0 Å². The van der Waals surface area contributed by atoms with E-state index in [0.29, 0.717) is 36.1 Å². The Hall–Kier alpha value is -3.26. The minimum absolute atomic E-state index is 0.127. The van der Waals surface area contributed by atoms with E-state index in [-0.39, 0.29) is 18.6 Å². The van der Waals surface area contributed by atoms with E-state index >= 15 is 0 Å². The summed E-state index contributed by atoms with van der Waals surface area (Å²) >= 11 is 0. The van der Waals surface area contributed by atoms with Gasteiger partial charge < -0.3 is 19.3 Å². The molecular weight excluding hydrogens is 396 g/mol. The van der Waals surface area contributed by atoms with E-state index in [2.05, 4.69) is 20.4 Å². The molecule has 3 aromatic rings. The van der Waals surface area contributed by atoms with Crippen molar-refractivity contribution in [1.82, 2.24) is 20.4 Å². The molecule has 1 N–H and O–H groups in total. The molecule has 8 heteroatoms. The van der Waals surface area contributed by atoms with E-state index in [4.69, 9.17) is 14.0 Å². The van der Waals surface area contributed by atoms with E-state index in [9.17, 15) is 4.79 Å². The maximum absolute atomic E-state index is 12.5. The van der Waals surface area contributed by atoms with Crippen molar-refractivity contribution in [3.8, 4) is 17.1 Å². The van der Waals surface area contributed by atoms with Crippen LogP contribution in [0.3, 0.4) is 0 Å². The molecule has 0 aliphatic carbocycles. The summed E-state index contributed by atoms with van der Waals surface area (Å²) in [4.78, 5) is 21.2. The van der Waals surface area contributed by atoms with Crippen LogP contribution in [0.25, 0.3) is 11.3 Å². The molecule has 0 aromatic carbocycles. The number of rotatable bonds is 6. The van der Waals surface area contributed by atoms with Gasteiger partial charge in [0.25, 0.3) is 5.91 Å². The smallest absolute Gasteiger partial charge is 0.253 e. The van der Waals surface area contributed by atoms with E-state index in [1.165, 1.54) is 0 Å². The van der Waals surface area contributed by atoms with Crippen molar-refractivity contribution in [3.05, 3.63) is 58.7 Å². The first kappa shape index (κ1) is 21.0. The van der Waals surface area contributed by atoms with Crippen LogP contribution in [0.4, 0.5) is 0 Å². The van der Waals surface area contributed by atoms with E-state index in [1.54, 1.807) is 18.5 Å². The molecule has 8 nitrogen and oxygen atoms in total. The number of nitrogens with zero attached hydrogens (tertiary/aromatic N) is 3. The van der Waals surface area contributed by atoms with Crippen molar-refractivity contribution in [3.63, 3.8) is 0 Å². The third kappa shape index (κ3) is 4.91. The fourth-order valence-corrected chi connectivity index (χ4v) is 3.48. The number of nitrogens with one attached hydrogen (secondary N) is 1. The molecule has 1 aliphatic heterocycles. The minimum Gasteiger partial charge on any atom is -0.472 e. The predicted octanol–water partition coefficient (Wildman–Crippen LogP) is 3.54. The normalized spacial score (nSPS) is 14.4. The molecular formula is C23H26N4O4. The molecule has 3 aromatic heterocycles. The second-order valence-corrected chi connectivity index (χ2v) is 7.75. The van der Waals surface area contributed by atoms with Crippen LogP contribution in [0, 0.1) is 20.8 Å². The zero-order valence-electron chi connectivity index (χ0n) is 18.0. The van der Waals surface area contributed by atoms with Crippen molar-refractivity contribution in [1.29, 1.82) is 0 Å². The summed E-state index contributed by atoms with van der Waals surface area (Å²) < 4.78 is 16.7. The van der Waals surface area contributed by atoms with Gasteiger partial charge in [-0.25, -0.2) is 4.98 Å².